The van der Waals surface area contributed by atoms with Crippen LogP contribution in [0.5, 0.6) is 0 Å². The fraction of sp³-hybridized carbons (Fsp3) is 0.500. The standard InChI is InChI=1S/C12H16N4O3/c1-12(2)11(19)14-9(17)7-16(12)10(18)3-5-15-6-4-13-8-15/h4,6,8H,3,5,7H2,1-2H3,(H,14,17,19). The van der Waals surface area contributed by atoms with Gasteiger partial charge in [0.05, 0.1) is 6.33 Å². The molecule has 1 aromatic heterocycles. The number of nitrogens with zero attached hydrogens (tertiary/aromatic N) is 3. The molecule has 0 saturated carbocycles. The average molecular weight is 264 g/mol. The Morgan fingerprint density at radius 3 is 2.84 bits per heavy atom. The molecule has 1 N–H and O–H groups in total. The minimum atomic E-state index is -1.00. The van der Waals surface area contributed by atoms with E-state index in [-0.39, 0.29) is 18.9 Å². The van der Waals surface area contributed by atoms with E-state index in [4.69, 9.17) is 0 Å². The zero-order valence-corrected chi connectivity index (χ0v) is 10.9. The second kappa shape index (κ2) is 4.83. The largest absolute Gasteiger partial charge is 0.337 e. The topological polar surface area (TPSA) is 84.3 Å². The summed E-state index contributed by atoms with van der Waals surface area (Å²) >= 11 is 0. The Kier molecular flexibility index (Phi) is 3.37. The van der Waals surface area contributed by atoms with Crippen LogP contribution in [0, 0.1) is 0 Å². The van der Waals surface area contributed by atoms with Crippen LogP contribution in [0.2, 0.25) is 0 Å². The molecular weight excluding hydrogens is 248 g/mol. The van der Waals surface area contributed by atoms with Gasteiger partial charge in [0.1, 0.15) is 12.1 Å². The van der Waals surface area contributed by atoms with Crippen LogP contribution in [0.3, 0.4) is 0 Å². The van der Waals surface area contributed by atoms with Crippen LogP contribution in [0.4, 0.5) is 0 Å². The molecule has 19 heavy (non-hydrogen) atoms. The van der Waals surface area contributed by atoms with Gasteiger partial charge >= 0.3 is 0 Å². The van der Waals surface area contributed by atoms with E-state index in [1.807, 2.05) is 0 Å². The van der Waals surface area contributed by atoms with Crippen LogP contribution in [0.1, 0.15) is 20.3 Å². The Hall–Kier alpha value is -2.18. The molecule has 102 valence electrons. The fourth-order valence-electron chi connectivity index (χ4n) is 1.96. The van der Waals surface area contributed by atoms with Crippen molar-refractivity contribution < 1.29 is 14.4 Å². The van der Waals surface area contributed by atoms with Crippen molar-refractivity contribution in [3.8, 4) is 0 Å². The van der Waals surface area contributed by atoms with E-state index < -0.39 is 17.4 Å². The summed E-state index contributed by atoms with van der Waals surface area (Å²) in [7, 11) is 0. The number of carbonyl (C=O) groups is 3. The van der Waals surface area contributed by atoms with Gasteiger partial charge in [-0.3, -0.25) is 19.7 Å². The van der Waals surface area contributed by atoms with Crippen molar-refractivity contribution in [1.29, 1.82) is 0 Å². The van der Waals surface area contributed by atoms with Crippen molar-refractivity contribution in [2.75, 3.05) is 6.54 Å². The Bertz CT molecular complexity index is 507. The third-order valence-electron chi connectivity index (χ3n) is 3.23. The number of piperazine rings is 1. The molecule has 3 amide bonds. The van der Waals surface area contributed by atoms with E-state index >= 15 is 0 Å². The molecule has 0 bridgehead atoms. The predicted molar refractivity (Wildman–Crippen MR) is 65.8 cm³/mol. The van der Waals surface area contributed by atoms with Crippen molar-refractivity contribution in [2.24, 2.45) is 0 Å². The maximum atomic E-state index is 12.2. The molecule has 2 heterocycles. The quantitative estimate of drug-likeness (QED) is 0.748. The van der Waals surface area contributed by atoms with E-state index in [1.54, 1.807) is 37.1 Å². The van der Waals surface area contributed by atoms with Crippen molar-refractivity contribution in [1.82, 2.24) is 19.8 Å². The highest BCUT2D eigenvalue weighted by molar-refractivity contribution is 6.06. The molecule has 7 nitrogen and oxygen atoms in total. The second-order valence-corrected chi connectivity index (χ2v) is 4.97. The summed E-state index contributed by atoms with van der Waals surface area (Å²) in [6.45, 7) is 3.65. The minimum absolute atomic E-state index is 0.0818. The molecule has 0 radical (unpaired) electrons. The van der Waals surface area contributed by atoms with Crippen LogP contribution in [-0.4, -0.2) is 44.3 Å². The molecule has 0 aromatic carbocycles. The first kappa shape index (κ1) is 13.3. The lowest BCUT2D eigenvalue weighted by Crippen LogP contribution is -2.65. The summed E-state index contributed by atoms with van der Waals surface area (Å²) in [5.74, 6) is -1.11. The molecule has 1 aliphatic heterocycles. The lowest BCUT2D eigenvalue weighted by Gasteiger charge is -2.40. The Morgan fingerprint density at radius 1 is 1.47 bits per heavy atom. The summed E-state index contributed by atoms with van der Waals surface area (Å²) in [5.41, 5.74) is -1.00. The molecule has 0 unspecified atom stereocenters. The number of aromatic nitrogens is 2. The van der Waals surface area contributed by atoms with Gasteiger partial charge in [-0.2, -0.15) is 0 Å². The van der Waals surface area contributed by atoms with Crippen LogP contribution in [0.25, 0.3) is 0 Å². The van der Waals surface area contributed by atoms with Gasteiger partial charge in [-0.05, 0) is 13.8 Å². The molecule has 2 rings (SSSR count). The molecule has 0 aliphatic carbocycles. The molecule has 7 heteroatoms. The Balaban J connectivity index is 2.04. The van der Waals surface area contributed by atoms with Crippen LogP contribution < -0.4 is 5.32 Å². The van der Waals surface area contributed by atoms with Gasteiger partial charge in [-0.25, -0.2) is 4.98 Å². The first-order valence-corrected chi connectivity index (χ1v) is 6.02. The smallest absolute Gasteiger partial charge is 0.252 e. The number of hydrogen-bond donors (Lipinski definition) is 1. The number of imide groups is 1. The van der Waals surface area contributed by atoms with E-state index in [0.717, 1.165) is 0 Å². The Morgan fingerprint density at radius 2 is 2.21 bits per heavy atom. The first-order chi connectivity index (χ1) is 8.91. The fourth-order valence-corrected chi connectivity index (χ4v) is 1.96. The van der Waals surface area contributed by atoms with Crippen LogP contribution >= 0.6 is 0 Å². The number of imidazole rings is 1. The molecule has 1 fully saturated rings. The van der Waals surface area contributed by atoms with Gasteiger partial charge in [0.15, 0.2) is 0 Å². The van der Waals surface area contributed by atoms with Crippen LogP contribution in [0.15, 0.2) is 18.7 Å². The number of hydrogen-bond acceptors (Lipinski definition) is 4. The minimum Gasteiger partial charge on any atom is -0.337 e. The zero-order valence-electron chi connectivity index (χ0n) is 10.9. The molecular formula is C12H16N4O3. The molecule has 0 spiro atoms. The van der Waals surface area contributed by atoms with E-state index in [9.17, 15) is 14.4 Å². The molecule has 0 atom stereocenters. The lowest BCUT2D eigenvalue weighted by atomic mass is 9.98. The highest BCUT2D eigenvalue weighted by Gasteiger charge is 2.43. The predicted octanol–water partition coefficient (Wildman–Crippen LogP) is -0.463. The SMILES string of the molecule is CC1(C)C(=O)NC(=O)CN1C(=O)CCn1ccnc1. The summed E-state index contributed by atoms with van der Waals surface area (Å²) < 4.78 is 1.77. The van der Waals surface area contributed by atoms with Crippen molar-refractivity contribution in [2.45, 2.75) is 32.4 Å². The number of nitrogens with one attached hydrogen (secondary N) is 1. The van der Waals surface area contributed by atoms with Gasteiger partial charge < -0.3 is 9.47 Å². The van der Waals surface area contributed by atoms with Gasteiger partial charge in [-0.15, -0.1) is 0 Å². The third kappa shape index (κ3) is 2.64. The summed E-state index contributed by atoms with van der Waals surface area (Å²) in [5, 5.41) is 2.24. The van der Waals surface area contributed by atoms with E-state index in [0.29, 0.717) is 6.54 Å². The zero-order chi connectivity index (χ0) is 14.0. The lowest BCUT2D eigenvalue weighted by molar-refractivity contribution is -0.155. The molecule has 1 aromatic rings. The van der Waals surface area contributed by atoms with Crippen molar-refractivity contribution >= 4 is 17.7 Å². The molecule has 1 saturated heterocycles. The highest BCUT2D eigenvalue weighted by atomic mass is 16.2. The normalized spacial score (nSPS) is 18.3. The number of aryl methyl sites for hydroxylation is 1. The van der Waals surface area contributed by atoms with Crippen molar-refractivity contribution in [3.63, 3.8) is 0 Å². The summed E-state index contributed by atoms with van der Waals surface area (Å²) in [4.78, 5) is 40.5. The first-order valence-electron chi connectivity index (χ1n) is 6.02. The van der Waals surface area contributed by atoms with Crippen LogP contribution in [-0.2, 0) is 20.9 Å². The van der Waals surface area contributed by atoms with E-state index in [1.165, 1.54) is 4.90 Å². The maximum absolute atomic E-state index is 12.2. The van der Waals surface area contributed by atoms with Gasteiger partial charge in [-0.1, -0.05) is 0 Å². The monoisotopic (exact) mass is 264 g/mol. The number of carbonyl (C=O) groups excluding carboxylic acids is 3. The number of amides is 3. The second-order valence-electron chi connectivity index (χ2n) is 4.97. The summed E-state index contributed by atoms with van der Waals surface area (Å²) in [6, 6.07) is 0. The highest BCUT2D eigenvalue weighted by Crippen LogP contribution is 2.19. The molecule has 1 aliphatic rings. The third-order valence-corrected chi connectivity index (χ3v) is 3.23. The van der Waals surface area contributed by atoms with Gasteiger partial charge in [0.25, 0.3) is 5.91 Å². The maximum Gasteiger partial charge on any atom is 0.252 e. The average Bonchev–Trinajstić information content (AvgIpc) is 2.84. The Labute approximate surface area is 110 Å². The summed E-state index contributed by atoms with van der Waals surface area (Å²) in [6.07, 6.45) is 5.23. The number of rotatable bonds is 3. The van der Waals surface area contributed by atoms with Gasteiger partial charge in [0.2, 0.25) is 11.8 Å². The van der Waals surface area contributed by atoms with Crippen molar-refractivity contribution in [3.05, 3.63) is 18.7 Å². The van der Waals surface area contributed by atoms with Gasteiger partial charge in [0, 0.05) is 25.4 Å². The van der Waals surface area contributed by atoms with E-state index in [2.05, 4.69) is 10.3 Å².